The molecule has 4 aromatic rings. The Morgan fingerprint density at radius 3 is 2.32 bits per heavy atom. The molecule has 1 N–H and O–H groups in total. The molecule has 0 spiro atoms. The Morgan fingerprint density at radius 1 is 0.971 bits per heavy atom. The van der Waals surface area contributed by atoms with Crippen molar-refractivity contribution in [1.29, 1.82) is 0 Å². The van der Waals surface area contributed by atoms with Gasteiger partial charge < -0.3 is 10.1 Å². The standard InChI is InChI=1S/C26H24N2O4S2/c1-18-8-7-11-20(16-18)27-26(29)24-25(23(17-33-24)19-9-5-4-6-10-19)34(30,31)28(2)21-12-14-22(32-3)15-13-21/h4-17H,1-3H3,(H,27,29). The molecule has 0 aliphatic heterocycles. The second kappa shape index (κ2) is 9.70. The predicted octanol–water partition coefficient (Wildman–Crippen LogP) is 5.81. The average molecular weight is 493 g/mol. The summed E-state index contributed by atoms with van der Waals surface area (Å²) in [5.41, 5.74) is 3.25. The van der Waals surface area contributed by atoms with Crippen LogP contribution in [0.3, 0.4) is 0 Å². The lowest BCUT2D eigenvalue weighted by Gasteiger charge is -2.21. The van der Waals surface area contributed by atoms with E-state index >= 15 is 0 Å². The van der Waals surface area contributed by atoms with Gasteiger partial charge in [0.15, 0.2) is 0 Å². The Balaban J connectivity index is 1.81. The topological polar surface area (TPSA) is 75.7 Å². The van der Waals surface area contributed by atoms with Gasteiger partial charge in [0.05, 0.1) is 12.8 Å². The van der Waals surface area contributed by atoms with Crippen LogP contribution in [0.2, 0.25) is 0 Å². The maximum Gasteiger partial charge on any atom is 0.267 e. The van der Waals surface area contributed by atoms with Crippen molar-refractivity contribution in [3.05, 3.63) is 94.7 Å². The zero-order valence-electron chi connectivity index (χ0n) is 19.0. The minimum atomic E-state index is -4.08. The molecule has 0 atom stereocenters. The van der Waals surface area contributed by atoms with Crippen LogP contribution >= 0.6 is 11.3 Å². The summed E-state index contributed by atoms with van der Waals surface area (Å²) in [7, 11) is -1.06. The van der Waals surface area contributed by atoms with Gasteiger partial charge in [-0.25, -0.2) is 8.42 Å². The first-order chi connectivity index (χ1) is 16.3. The molecular formula is C26H24N2O4S2. The Morgan fingerprint density at radius 2 is 1.68 bits per heavy atom. The molecule has 3 aromatic carbocycles. The van der Waals surface area contributed by atoms with Crippen molar-refractivity contribution in [3.8, 4) is 16.9 Å². The number of sulfonamides is 1. The molecule has 1 heterocycles. The lowest BCUT2D eigenvalue weighted by Crippen LogP contribution is -2.28. The fourth-order valence-corrected chi connectivity index (χ4v) is 6.41. The SMILES string of the molecule is COc1ccc(N(C)S(=O)(=O)c2c(-c3ccccc3)csc2C(=O)Nc2cccc(C)c2)cc1. The summed E-state index contributed by atoms with van der Waals surface area (Å²) in [6.45, 7) is 1.92. The molecule has 6 nitrogen and oxygen atoms in total. The number of rotatable bonds is 7. The van der Waals surface area contributed by atoms with Crippen LogP contribution in [0.15, 0.2) is 89.1 Å². The summed E-state index contributed by atoms with van der Waals surface area (Å²) >= 11 is 1.11. The zero-order chi connectivity index (χ0) is 24.3. The number of methoxy groups -OCH3 is 1. The molecule has 0 radical (unpaired) electrons. The predicted molar refractivity (Wildman–Crippen MR) is 137 cm³/mol. The maximum absolute atomic E-state index is 13.9. The normalized spacial score (nSPS) is 11.1. The fraction of sp³-hybridized carbons (Fsp3) is 0.115. The van der Waals surface area contributed by atoms with E-state index in [1.807, 2.05) is 55.5 Å². The number of carbonyl (C=O) groups is 1. The van der Waals surface area contributed by atoms with Crippen LogP contribution in [0.5, 0.6) is 5.75 Å². The van der Waals surface area contributed by atoms with Gasteiger partial charge in [0.1, 0.15) is 15.5 Å². The van der Waals surface area contributed by atoms with Crippen molar-refractivity contribution in [2.24, 2.45) is 0 Å². The highest BCUT2D eigenvalue weighted by molar-refractivity contribution is 7.93. The highest BCUT2D eigenvalue weighted by atomic mass is 32.2. The van der Waals surface area contributed by atoms with Gasteiger partial charge in [0.2, 0.25) is 0 Å². The number of amides is 1. The number of nitrogens with one attached hydrogen (secondary N) is 1. The summed E-state index contributed by atoms with van der Waals surface area (Å²) in [6.07, 6.45) is 0. The first-order valence-electron chi connectivity index (χ1n) is 10.5. The van der Waals surface area contributed by atoms with Gasteiger partial charge in [-0.2, -0.15) is 0 Å². The average Bonchev–Trinajstić information content (AvgIpc) is 3.31. The third-order valence-corrected chi connectivity index (χ3v) is 8.35. The van der Waals surface area contributed by atoms with Gasteiger partial charge in [-0.1, -0.05) is 42.5 Å². The third-order valence-electron chi connectivity index (χ3n) is 5.37. The first kappa shape index (κ1) is 23.5. The van der Waals surface area contributed by atoms with Crippen LogP contribution in [-0.2, 0) is 10.0 Å². The van der Waals surface area contributed by atoms with E-state index in [0.29, 0.717) is 22.7 Å². The molecule has 4 rings (SSSR count). The quantitative estimate of drug-likeness (QED) is 0.353. The van der Waals surface area contributed by atoms with E-state index in [-0.39, 0.29) is 9.77 Å². The van der Waals surface area contributed by atoms with E-state index in [9.17, 15) is 13.2 Å². The fourth-order valence-electron chi connectivity index (χ4n) is 3.56. The van der Waals surface area contributed by atoms with Crippen molar-refractivity contribution >= 4 is 38.6 Å². The van der Waals surface area contributed by atoms with Crippen LogP contribution < -0.4 is 14.4 Å². The van der Waals surface area contributed by atoms with Crippen LogP contribution in [0.4, 0.5) is 11.4 Å². The van der Waals surface area contributed by atoms with Gasteiger partial charge in [-0.15, -0.1) is 11.3 Å². The molecule has 174 valence electrons. The number of nitrogens with zero attached hydrogens (tertiary/aromatic N) is 1. The molecule has 1 amide bonds. The molecule has 0 saturated carbocycles. The molecule has 0 aliphatic rings. The van der Waals surface area contributed by atoms with Crippen molar-refractivity contribution in [3.63, 3.8) is 0 Å². The van der Waals surface area contributed by atoms with Crippen molar-refractivity contribution < 1.29 is 17.9 Å². The number of hydrogen-bond acceptors (Lipinski definition) is 5. The summed E-state index contributed by atoms with van der Waals surface area (Å²) < 4.78 is 34.2. The Hall–Kier alpha value is -3.62. The summed E-state index contributed by atoms with van der Waals surface area (Å²) in [4.78, 5) is 13.4. The van der Waals surface area contributed by atoms with Crippen LogP contribution in [0, 0.1) is 6.92 Å². The first-order valence-corrected chi connectivity index (χ1v) is 12.8. The monoisotopic (exact) mass is 492 g/mol. The number of aryl methyl sites for hydroxylation is 1. The molecular weight excluding hydrogens is 468 g/mol. The Kier molecular flexibility index (Phi) is 6.72. The van der Waals surface area contributed by atoms with E-state index in [2.05, 4.69) is 5.32 Å². The zero-order valence-corrected chi connectivity index (χ0v) is 20.6. The van der Waals surface area contributed by atoms with E-state index < -0.39 is 15.9 Å². The number of anilines is 2. The second-order valence-electron chi connectivity index (χ2n) is 7.67. The summed E-state index contributed by atoms with van der Waals surface area (Å²) in [5.74, 6) is 0.146. The molecule has 8 heteroatoms. The Labute approximate surface area is 203 Å². The molecule has 1 aromatic heterocycles. The van der Waals surface area contributed by atoms with Gasteiger partial charge in [-0.05, 0) is 54.4 Å². The smallest absolute Gasteiger partial charge is 0.267 e. The van der Waals surface area contributed by atoms with Crippen LogP contribution in [0.1, 0.15) is 15.2 Å². The van der Waals surface area contributed by atoms with Gasteiger partial charge in [0.25, 0.3) is 15.9 Å². The molecule has 34 heavy (non-hydrogen) atoms. The van der Waals surface area contributed by atoms with E-state index in [0.717, 1.165) is 22.5 Å². The minimum Gasteiger partial charge on any atom is -0.497 e. The molecule has 0 aliphatic carbocycles. The highest BCUT2D eigenvalue weighted by Crippen LogP contribution is 2.38. The summed E-state index contributed by atoms with van der Waals surface area (Å²) in [5, 5.41) is 4.56. The largest absolute Gasteiger partial charge is 0.497 e. The summed E-state index contributed by atoms with van der Waals surface area (Å²) in [6, 6.07) is 23.3. The molecule has 0 saturated heterocycles. The Bertz CT molecular complexity index is 1410. The van der Waals surface area contributed by atoms with Crippen molar-refractivity contribution in [2.75, 3.05) is 23.8 Å². The highest BCUT2D eigenvalue weighted by Gasteiger charge is 2.32. The lowest BCUT2D eigenvalue weighted by atomic mass is 10.1. The van der Waals surface area contributed by atoms with E-state index in [1.165, 1.54) is 11.4 Å². The third kappa shape index (κ3) is 4.69. The van der Waals surface area contributed by atoms with Gasteiger partial charge in [-0.3, -0.25) is 9.10 Å². The molecule has 0 bridgehead atoms. The maximum atomic E-state index is 13.9. The number of thiophene rings is 1. The van der Waals surface area contributed by atoms with Crippen LogP contribution in [0.25, 0.3) is 11.1 Å². The number of carbonyl (C=O) groups excluding carboxylic acids is 1. The number of ether oxygens (including phenoxy) is 1. The van der Waals surface area contributed by atoms with Crippen molar-refractivity contribution in [2.45, 2.75) is 11.8 Å². The minimum absolute atomic E-state index is 0.0211. The van der Waals surface area contributed by atoms with E-state index in [4.69, 9.17) is 4.74 Å². The second-order valence-corrected chi connectivity index (χ2v) is 10.5. The number of hydrogen-bond donors (Lipinski definition) is 1. The lowest BCUT2D eigenvalue weighted by molar-refractivity contribution is 0.102. The number of benzene rings is 3. The molecule has 0 fully saturated rings. The van der Waals surface area contributed by atoms with Crippen molar-refractivity contribution in [1.82, 2.24) is 0 Å². The van der Waals surface area contributed by atoms with Crippen LogP contribution in [-0.4, -0.2) is 28.5 Å². The van der Waals surface area contributed by atoms with Gasteiger partial charge in [0, 0.05) is 23.7 Å². The molecule has 0 unspecified atom stereocenters. The van der Waals surface area contributed by atoms with E-state index in [1.54, 1.807) is 42.8 Å². The van der Waals surface area contributed by atoms with Gasteiger partial charge >= 0.3 is 0 Å².